The van der Waals surface area contributed by atoms with Gasteiger partial charge in [0.1, 0.15) is 0 Å². The van der Waals surface area contributed by atoms with Crippen LogP contribution in [0.15, 0.2) is 17.0 Å². The highest BCUT2D eigenvalue weighted by Crippen LogP contribution is 2.26. The first kappa shape index (κ1) is 15.9. The van der Waals surface area contributed by atoms with E-state index in [0.717, 1.165) is 9.87 Å². The van der Waals surface area contributed by atoms with Gasteiger partial charge in [-0.05, 0) is 51.0 Å². The lowest BCUT2D eigenvalue weighted by molar-refractivity contribution is 0.0640. The van der Waals surface area contributed by atoms with Crippen molar-refractivity contribution in [2.24, 2.45) is 0 Å². The smallest absolute Gasteiger partial charge is 0.243 e. The Hall–Kier alpha value is -1.11. The molecule has 0 radical (unpaired) electrons. The SMILES string of the molecule is Cc1cc(N)c(C)c(S(=O)(=O)N(C)CC(C)(C)O)c1. The second-order valence-electron chi connectivity index (χ2n) is 5.55. The van der Waals surface area contributed by atoms with E-state index in [-0.39, 0.29) is 11.4 Å². The summed E-state index contributed by atoms with van der Waals surface area (Å²) in [5.74, 6) is 0. The summed E-state index contributed by atoms with van der Waals surface area (Å²) in [4.78, 5) is 0.191. The van der Waals surface area contributed by atoms with Crippen molar-refractivity contribution < 1.29 is 13.5 Å². The maximum atomic E-state index is 12.5. The molecule has 0 saturated heterocycles. The fraction of sp³-hybridized carbons (Fsp3) is 0.538. The van der Waals surface area contributed by atoms with Crippen LogP contribution in [-0.4, -0.2) is 37.0 Å². The number of anilines is 1. The molecule has 0 aliphatic rings. The third kappa shape index (κ3) is 3.68. The molecule has 0 amide bonds. The maximum Gasteiger partial charge on any atom is 0.243 e. The lowest BCUT2D eigenvalue weighted by atomic mass is 10.1. The fourth-order valence-corrected chi connectivity index (χ4v) is 3.58. The fourth-order valence-electron chi connectivity index (χ4n) is 1.92. The Morgan fingerprint density at radius 1 is 1.32 bits per heavy atom. The van der Waals surface area contributed by atoms with Crippen molar-refractivity contribution in [3.05, 3.63) is 23.3 Å². The van der Waals surface area contributed by atoms with E-state index in [1.165, 1.54) is 7.05 Å². The van der Waals surface area contributed by atoms with Crippen LogP contribution in [0.4, 0.5) is 5.69 Å². The average molecular weight is 286 g/mol. The number of nitrogens with zero attached hydrogens (tertiary/aromatic N) is 1. The molecule has 0 spiro atoms. The molecule has 19 heavy (non-hydrogen) atoms. The first-order valence-corrected chi connectivity index (χ1v) is 7.44. The number of aryl methyl sites for hydroxylation is 1. The summed E-state index contributed by atoms with van der Waals surface area (Å²) < 4.78 is 26.1. The van der Waals surface area contributed by atoms with Gasteiger partial charge in [-0.25, -0.2) is 8.42 Å². The number of benzene rings is 1. The average Bonchev–Trinajstić information content (AvgIpc) is 2.20. The van der Waals surface area contributed by atoms with Crippen LogP contribution in [0.1, 0.15) is 25.0 Å². The van der Waals surface area contributed by atoms with Crippen molar-refractivity contribution in [2.75, 3.05) is 19.3 Å². The molecule has 1 aromatic rings. The Labute approximate surface area is 115 Å². The predicted molar refractivity (Wildman–Crippen MR) is 76.4 cm³/mol. The highest BCUT2D eigenvalue weighted by molar-refractivity contribution is 7.89. The minimum Gasteiger partial charge on any atom is -0.398 e. The van der Waals surface area contributed by atoms with E-state index in [0.29, 0.717) is 11.3 Å². The topological polar surface area (TPSA) is 83.6 Å². The summed E-state index contributed by atoms with van der Waals surface area (Å²) in [7, 11) is -2.20. The van der Waals surface area contributed by atoms with Crippen LogP contribution in [0.2, 0.25) is 0 Å². The number of sulfonamides is 1. The molecule has 5 nitrogen and oxygen atoms in total. The summed E-state index contributed by atoms with van der Waals surface area (Å²) in [5, 5.41) is 9.75. The van der Waals surface area contributed by atoms with Gasteiger partial charge in [0.25, 0.3) is 0 Å². The number of nitrogens with two attached hydrogens (primary N) is 1. The third-order valence-electron chi connectivity index (χ3n) is 2.84. The first-order valence-electron chi connectivity index (χ1n) is 6.00. The molecule has 0 heterocycles. The molecule has 0 fully saturated rings. The highest BCUT2D eigenvalue weighted by Gasteiger charge is 2.28. The van der Waals surface area contributed by atoms with Gasteiger partial charge in [-0.3, -0.25) is 0 Å². The molecule has 108 valence electrons. The van der Waals surface area contributed by atoms with Crippen LogP contribution < -0.4 is 5.73 Å². The number of aliphatic hydroxyl groups is 1. The maximum absolute atomic E-state index is 12.5. The van der Waals surface area contributed by atoms with Crippen molar-refractivity contribution in [2.45, 2.75) is 38.2 Å². The van der Waals surface area contributed by atoms with Gasteiger partial charge in [0, 0.05) is 19.3 Å². The Morgan fingerprint density at radius 3 is 2.32 bits per heavy atom. The zero-order chi connectivity index (χ0) is 15.0. The van der Waals surface area contributed by atoms with E-state index < -0.39 is 15.6 Å². The number of nitrogen functional groups attached to an aromatic ring is 1. The second kappa shape index (κ2) is 5.11. The molecule has 6 heteroatoms. The van der Waals surface area contributed by atoms with Gasteiger partial charge in [0.15, 0.2) is 0 Å². The van der Waals surface area contributed by atoms with Crippen molar-refractivity contribution in [1.82, 2.24) is 4.31 Å². The van der Waals surface area contributed by atoms with Crippen LogP contribution in [0, 0.1) is 13.8 Å². The lowest BCUT2D eigenvalue weighted by Gasteiger charge is -2.26. The van der Waals surface area contributed by atoms with Crippen molar-refractivity contribution in [3.63, 3.8) is 0 Å². The molecule has 1 aromatic carbocycles. The third-order valence-corrected chi connectivity index (χ3v) is 4.77. The van der Waals surface area contributed by atoms with E-state index >= 15 is 0 Å². The van der Waals surface area contributed by atoms with Gasteiger partial charge < -0.3 is 10.8 Å². The molecule has 0 atom stereocenters. The molecule has 0 unspecified atom stereocenters. The molecular formula is C13H22N2O3S. The number of likely N-dealkylation sites (N-methyl/N-ethyl adjacent to an activating group) is 1. The first-order chi connectivity index (χ1) is 8.45. The Bertz CT molecular complexity index is 574. The summed E-state index contributed by atoms with van der Waals surface area (Å²) in [6.45, 7) is 6.62. The summed E-state index contributed by atoms with van der Waals surface area (Å²) >= 11 is 0. The highest BCUT2D eigenvalue weighted by atomic mass is 32.2. The van der Waals surface area contributed by atoms with Crippen LogP contribution in [0.25, 0.3) is 0 Å². The molecular weight excluding hydrogens is 264 g/mol. The number of rotatable bonds is 4. The predicted octanol–water partition coefficient (Wildman–Crippen LogP) is 1.28. The van der Waals surface area contributed by atoms with E-state index in [2.05, 4.69) is 0 Å². The second-order valence-corrected chi connectivity index (χ2v) is 7.56. The lowest BCUT2D eigenvalue weighted by Crippen LogP contribution is -2.39. The summed E-state index contributed by atoms with van der Waals surface area (Å²) in [5.41, 5.74) is 6.50. The van der Waals surface area contributed by atoms with Crippen LogP contribution in [0.3, 0.4) is 0 Å². The monoisotopic (exact) mass is 286 g/mol. The zero-order valence-electron chi connectivity index (χ0n) is 12.1. The van der Waals surface area contributed by atoms with E-state index in [4.69, 9.17) is 5.73 Å². The molecule has 0 aliphatic heterocycles. The molecule has 0 saturated carbocycles. The minimum atomic E-state index is -3.65. The van der Waals surface area contributed by atoms with Gasteiger partial charge in [-0.2, -0.15) is 4.31 Å². The van der Waals surface area contributed by atoms with E-state index in [9.17, 15) is 13.5 Å². The quantitative estimate of drug-likeness (QED) is 0.817. The molecule has 0 aliphatic carbocycles. The normalized spacial score (nSPS) is 13.0. The Balaban J connectivity index is 3.28. The number of hydrogen-bond donors (Lipinski definition) is 2. The van der Waals surface area contributed by atoms with Crippen LogP contribution in [-0.2, 0) is 10.0 Å². The van der Waals surface area contributed by atoms with Gasteiger partial charge in [0.2, 0.25) is 10.0 Å². The molecule has 0 bridgehead atoms. The largest absolute Gasteiger partial charge is 0.398 e. The molecule has 3 N–H and O–H groups in total. The summed E-state index contributed by atoms with van der Waals surface area (Å²) in [6.07, 6.45) is 0. The van der Waals surface area contributed by atoms with Crippen LogP contribution >= 0.6 is 0 Å². The van der Waals surface area contributed by atoms with Gasteiger partial charge in [0.05, 0.1) is 10.5 Å². The van der Waals surface area contributed by atoms with Crippen LogP contribution in [0.5, 0.6) is 0 Å². The summed E-state index contributed by atoms with van der Waals surface area (Å²) in [6, 6.07) is 3.34. The van der Waals surface area contributed by atoms with E-state index in [1.54, 1.807) is 39.8 Å². The molecule has 1 rings (SSSR count). The Morgan fingerprint density at radius 2 is 1.84 bits per heavy atom. The van der Waals surface area contributed by atoms with Gasteiger partial charge >= 0.3 is 0 Å². The van der Waals surface area contributed by atoms with Gasteiger partial charge in [-0.1, -0.05) is 0 Å². The minimum absolute atomic E-state index is 0.0165. The zero-order valence-corrected chi connectivity index (χ0v) is 12.9. The van der Waals surface area contributed by atoms with Crippen molar-refractivity contribution in [3.8, 4) is 0 Å². The van der Waals surface area contributed by atoms with Crippen molar-refractivity contribution in [1.29, 1.82) is 0 Å². The Kier molecular flexibility index (Phi) is 4.29. The number of hydrogen-bond acceptors (Lipinski definition) is 4. The molecule has 0 aromatic heterocycles. The van der Waals surface area contributed by atoms with E-state index in [1.807, 2.05) is 0 Å². The van der Waals surface area contributed by atoms with Gasteiger partial charge in [-0.15, -0.1) is 0 Å². The standard InChI is InChI=1S/C13H22N2O3S/c1-9-6-11(14)10(2)12(7-9)19(17,18)15(5)8-13(3,4)16/h6-7,16H,8,14H2,1-5H3. The van der Waals surface area contributed by atoms with Crippen molar-refractivity contribution >= 4 is 15.7 Å².